The number of esters is 1. The number of nitro groups is 1. The summed E-state index contributed by atoms with van der Waals surface area (Å²) in [6, 6.07) is 13.4. The van der Waals surface area contributed by atoms with Crippen molar-refractivity contribution in [1.29, 1.82) is 0 Å². The Kier molecular flexibility index (Phi) is 4.68. The first-order valence-electron chi connectivity index (χ1n) is 8.43. The maximum atomic E-state index is 12.4. The molecule has 0 saturated heterocycles. The smallest absolute Gasteiger partial charge is 0.338 e. The number of carbonyl (C=O) groups excluding carboxylic acids is 1. The molecule has 2 aromatic rings. The highest BCUT2D eigenvalue weighted by atomic mass is 16.6. The molecule has 0 aliphatic heterocycles. The van der Waals surface area contributed by atoms with E-state index in [2.05, 4.69) is 0 Å². The van der Waals surface area contributed by atoms with E-state index in [1.165, 1.54) is 29.8 Å². The van der Waals surface area contributed by atoms with E-state index in [1.54, 1.807) is 7.11 Å². The minimum absolute atomic E-state index is 0.0532. The van der Waals surface area contributed by atoms with Crippen LogP contribution in [-0.4, -0.2) is 23.6 Å². The minimum Gasteiger partial charge on any atom is -0.497 e. The lowest BCUT2D eigenvalue weighted by molar-refractivity contribution is -0.384. The van der Waals surface area contributed by atoms with Gasteiger partial charge in [-0.3, -0.25) is 10.1 Å². The van der Waals surface area contributed by atoms with Gasteiger partial charge in [0.2, 0.25) is 0 Å². The van der Waals surface area contributed by atoms with Gasteiger partial charge in [0.05, 0.1) is 17.6 Å². The van der Waals surface area contributed by atoms with Crippen LogP contribution in [0, 0.1) is 16.0 Å². The lowest BCUT2D eigenvalue weighted by Gasteiger charge is -2.26. The zero-order chi connectivity index (χ0) is 18.9. The molecule has 1 fully saturated rings. The Labute approximate surface area is 151 Å². The van der Waals surface area contributed by atoms with Gasteiger partial charge in [0.1, 0.15) is 11.4 Å². The van der Waals surface area contributed by atoms with Gasteiger partial charge in [-0.1, -0.05) is 12.1 Å². The number of hydrogen-bond donors (Lipinski definition) is 0. The third-order valence-corrected chi connectivity index (χ3v) is 4.90. The molecule has 0 N–H and O–H groups in total. The summed E-state index contributed by atoms with van der Waals surface area (Å²) in [4.78, 5) is 22.6. The quantitative estimate of drug-likeness (QED) is 0.437. The molecule has 3 rings (SSSR count). The van der Waals surface area contributed by atoms with Crippen molar-refractivity contribution < 1.29 is 19.2 Å². The molecule has 2 aromatic carbocycles. The SMILES string of the molecule is COc1ccc([C@@H]2C[C@H]2C(C)(C)OC(=O)c2ccc([N+](=O)[O-])cc2)cc1. The fourth-order valence-electron chi connectivity index (χ4n) is 3.28. The number of rotatable bonds is 6. The third-order valence-electron chi connectivity index (χ3n) is 4.90. The first-order chi connectivity index (χ1) is 12.3. The number of ether oxygens (including phenoxy) is 2. The van der Waals surface area contributed by atoms with Crippen molar-refractivity contribution in [3.63, 3.8) is 0 Å². The first kappa shape index (κ1) is 17.9. The second-order valence-electron chi connectivity index (χ2n) is 7.02. The maximum Gasteiger partial charge on any atom is 0.338 e. The molecule has 0 heterocycles. The Bertz CT molecular complexity index is 811. The average molecular weight is 355 g/mol. The molecule has 136 valence electrons. The van der Waals surface area contributed by atoms with Gasteiger partial charge in [-0.05, 0) is 56.0 Å². The van der Waals surface area contributed by atoms with Gasteiger partial charge in [0, 0.05) is 18.1 Å². The fraction of sp³-hybridized carbons (Fsp3) is 0.350. The minimum atomic E-state index is -0.622. The Hall–Kier alpha value is -2.89. The molecule has 1 aliphatic carbocycles. The Morgan fingerprint density at radius 2 is 1.73 bits per heavy atom. The Balaban J connectivity index is 1.65. The predicted molar refractivity (Wildman–Crippen MR) is 96.4 cm³/mol. The normalized spacial score (nSPS) is 18.9. The number of nitrogens with zero attached hydrogens (tertiary/aromatic N) is 1. The van der Waals surface area contributed by atoms with Crippen LogP contribution < -0.4 is 4.74 Å². The van der Waals surface area contributed by atoms with Gasteiger partial charge in [-0.25, -0.2) is 4.79 Å². The maximum absolute atomic E-state index is 12.4. The van der Waals surface area contributed by atoms with Crippen LogP contribution in [0.1, 0.15) is 42.1 Å². The zero-order valence-corrected chi connectivity index (χ0v) is 15.0. The number of carbonyl (C=O) groups is 1. The third kappa shape index (κ3) is 3.69. The summed E-state index contributed by atoms with van der Waals surface area (Å²) < 4.78 is 10.9. The summed E-state index contributed by atoms with van der Waals surface area (Å²) in [7, 11) is 1.63. The van der Waals surface area contributed by atoms with Gasteiger partial charge in [0.25, 0.3) is 5.69 Å². The van der Waals surface area contributed by atoms with E-state index < -0.39 is 16.5 Å². The van der Waals surface area contributed by atoms with Gasteiger partial charge < -0.3 is 9.47 Å². The summed E-state index contributed by atoms with van der Waals surface area (Å²) in [5.41, 5.74) is 0.840. The lowest BCUT2D eigenvalue weighted by Crippen LogP contribution is -2.31. The molecule has 6 heteroatoms. The highest BCUT2D eigenvalue weighted by molar-refractivity contribution is 5.90. The Morgan fingerprint density at radius 3 is 2.27 bits per heavy atom. The van der Waals surface area contributed by atoms with Crippen LogP contribution in [0.15, 0.2) is 48.5 Å². The van der Waals surface area contributed by atoms with Gasteiger partial charge in [0.15, 0.2) is 0 Å². The van der Waals surface area contributed by atoms with Crippen LogP contribution >= 0.6 is 0 Å². The molecule has 0 amide bonds. The van der Waals surface area contributed by atoms with Crippen molar-refractivity contribution in [2.75, 3.05) is 7.11 Å². The molecular weight excluding hydrogens is 334 g/mol. The number of benzene rings is 2. The van der Waals surface area contributed by atoms with E-state index in [0.717, 1.165) is 12.2 Å². The zero-order valence-electron chi connectivity index (χ0n) is 15.0. The average Bonchev–Trinajstić information content (AvgIpc) is 3.43. The van der Waals surface area contributed by atoms with E-state index >= 15 is 0 Å². The van der Waals surface area contributed by atoms with E-state index in [0.29, 0.717) is 11.5 Å². The van der Waals surface area contributed by atoms with Crippen molar-refractivity contribution in [3.05, 3.63) is 69.8 Å². The summed E-state index contributed by atoms with van der Waals surface area (Å²) in [5, 5.41) is 10.7. The van der Waals surface area contributed by atoms with E-state index in [9.17, 15) is 14.9 Å². The van der Waals surface area contributed by atoms with Crippen LogP contribution in [0.4, 0.5) is 5.69 Å². The lowest BCUT2D eigenvalue weighted by atomic mass is 9.98. The standard InChI is InChI=1S/C20H21NO5/c1-20(2,18-12-17(18)13-6-10-16(25-3)11-7-13)26-19(22)14-4-8-15(9-5-14)21(23)24/h4-11,17-18H,12H2,1-3H3/t17-,18+/m0/s1. The van der Waals surface area contributed by atoms with Crippen molar-refractivity contribution >= 4 is 11.7 Å². The van der Waals surface area contributed by atoms with Gasteiger partial charge in [-0.2, -0.15) is 0 Å². The van der Waals surface area contributed by atoms with Crippen LogP contribution in [0.2, 0.25) is 0 Å². The van der Waals surface area contributed by atoms with Gasteiger partial charge >= 0.3 is 5.97 Å². The number of hydrogen-bond acceptors (Lipinski definition) is 5. The molecule has 0 unspecified atom stereocenters. The van der Waals surface area contributed by atoms with E-state index in [-0.39, 0.29) is 11.6 Å². The predicted octanol–water partition coefficient (Wildman–Crippen LogP) is 4.34. The molecule has 26 heavy (non-hydrogen) atoms. The van der Waals surface area contributed by atoms with Crippen LogP contribution in [0.25, 0.3) is 0 Å². The molecule has 0 bridgehead atoms. The second kappa shape index (κ2) is 6.78. The van der Waals surface area contributed by atoms with Gasteiger partial charge in [-0.15, -0.1) is 0 Å². The molecular formula is C20H21NO5. The largest absolute Gasteiger partial charge is 0.497 e. The Morgan fingerprint density at radius 1 is 1.12 bits per heavy atom. The van der Waals surface area contributed by atoms with Crippen molar-refractivity contribution in [2.24, 2.45) is 5.92 Å². The number of methoxy groups -OCH3 is 1. The molecule has 1 aliphatic rings. The van der Waals surface area contributed by atoms with E-state index in [4.69, 9.17) is 9.47 Å². The van der Waals surface area contributed by atoms with Crippen molar-refractivity contribution in [1.82, 2.24) is 0 Å². The van der Waals surface area contributed by atoms with Crippen molar-refractivity contribution in [2.45, 2.75) is 31.8 Å². The summed E-state index contributed by atoms with van der Waals surface area (Å²) in [6.07, 6.45) is 0.951. The molecule has 0 radical (unpaired) electrons. The summed E-state index contributed by atoms with van der Waals surface area (Å²) >= 11 is 0. The summed E-state index contributed by atoms with van der Waals surface area (Å²) in [6.45, 7) is 3.81. The van der Waals surface area contributed by atoms with Crippen LogP contribution in [0.5, 0.6) is 5.75 Å². The second-order valence-corrected chi connectivity index (χ2v) is 7.02. The van der Waals surface area contributed by atoms with E-state index in [1.807, 2.05) is 38.1 Å². The number of nitro benzene ring substituents is 1. The summed E-state index contributed by atoms with van der Waals surface area (Å²) in [5.74, 6) is 0.929. The van der Waals surface area contributed by atoms with Crippen LogP contribution in [-0.2, 0) is 4.74 Å². The topological polar surface area (TPSA) is 78.7 Å². The monoisotopic (exact) mass is 355 g/mol. The molecule has 0 spiro atoms. The molecule has 1 saturated carbocycles. The highest BCUT2D eigenvalue weighted by Crippen LogP contribution is 2.54. The highest BCUT2D eigenvalue weighted by Gasteiger charge is 2.50. The van der Waals surface area contributed by atoms with Crippen molar-refractivity contribution in [3.8, 4) is 5.75 Å². The fourth-order valence-corrected chi connectivity index (χ4v) is 3.28. The number of non-ortho nitro benzene ring substituents is 1. The molecule has 0 aromatic heterocycles. The first-order valence-corrected chi connectivity index (χ1v) is 8.43. The molecule has 2 atom stereocenters. The van der Waals surface area contributed by atoms with Crippen LogP contribution in [0.3, 0.4) is 0 Å². The molecule has 6 nitrogen and oxygen atoms in total.